The maximum atomic E-state index is 3.49. The maximum Gasteiger partial charge on any atom is 0.0373 e. The number of benzene rings is 1. The predicted octanol–water partition coefficient (Wildman–Crippen LogP) is 2.44. The summed E-state index contributed by atoms with van der Waals surface area (Å²) in [4.78, 5) is 0. The van der Waals surface area contributed by atoms with Gasteiger partial charge in [0.2, 0.25) is 0 Å². The van der Waals surface area contributed by atoms with Gasteiger partial charge in [0.1, 0.15) is 0 Å². The third-order valence-electron chi connectivity index (χ3n) is 3.02. The smallest absolute Gasteiger partial charge is 0.0373 e. The van der Waals surface area contributed by atoms with E-state index < -0.39 is 0 Å². The minimum atomic E-state index is 0.740. The molecule has 0 radical (unpaired) electrons. The third kappa shape index (κ3) is 2.99. The monoisotopic (exact) mass is 218 g/mol. The number of hydrogen-bond donors (Lipinski definition) is 2. The van der Waals surface area contributed by atoms with E-state index in [-0.39, 0.29) is 0 Å². The molecule has 1 aliphatic heterocycles. The van der Waals surface area contributed by atoms with Crippen LogP contribution < -0.4 is 10.6 Å². The summed E-state index contributed by atoms with van der Waals surface area (Å²) < 4.78 is 0. The lowest BCUT2D eigenvalue weighted by Gasteiger charge is -2.08. The second-order valence-electron chi connectivity index (χ2n) is 5.02. The average molecular weight is 218 g/mol. The number of anilines is 1. The Morgan fingerprint density at radius 3 is 3.06 bits per heavy atom. The van der Waals surface area contributed by atoms with Gasteiger partial charge in [-0.2, -0.15) is 0 Å². The lowest BCUT2D eigenvalue weighted by atomic mass is 10.1. The molecule has 2 rings (SSSR count). The Kier molecular flexibility index (Phi) is 3.83. The van der Waals surface area contributed by atoms with Crippen molar-refractivity contribution in [3.05, 3.63) is 29.3 Å². The van der Waals surface area contributed by atoms with Gasteiger partial charge in [0.15, 0.2) is 0 Å². The van der Waals surface area contributed by atoms with E-state index in [0.29, 0.717) is 0 Å². The summed E-state index contributed by atoms with van der Waals surface area (Å²) in [5.74, 6) is 0.740. The molecule has 2 nitrogen and oxygen atoms in total. The highest BCUT2D eigenvalue weighted by atomic mass is 14.9. The Morgan fingerprint density at radius 1 is 1.38 bits per heavy atom. The van der Waals surface area contributed by atoms with Crippen molar-refractivity contribution in [1.29, 1.82) is 0 Å². The summed E-state index contributed by atoms with van der Waals surface area (Å²) in [5, 5.41) is 6.88. The largest absolute Gasteiger partial charge is 0.384 e. The van der Waals surface area contributed by atoms with Gasteiger partial charge in [-0.1, -0.05) is 26.0 Å². The van der Waals surface area contributed by atoms with Crippen molar-refractivity contribution in [2.75, 3.05) is 25.0 Å². The molecule has 0 spiro atoms. The lowest BCUT2D eigenvalue weighted by Crippen LogP contribution is -2.22. The molecule has 0 amide bonds. The van der Waals surface area contributed by atoms with E-state index in [1.807, 2.05) is 0 Å². The second-order valence-corrected chi connectivity index (χ2v) is 5.02. The summed E-state index contributed by atoms with van der Waals surface area (Å²) in [6, 6.07) is 6.82. The van der Waals surface area contributed by atoms with Gasteiger partial charge in [0.05, 0.1) is 0 Å². The van der Waals surface area contributed by atoms with Gasteiger partial charge < -0.3 is 10.6 Å². The minimum Gasteiger partial charge on any atom is -0.384 e. The summed E-state index contributed by atoms with van der Waals surface area (Å²) in [6.07, 6.45) is 2.32. The van der Waals surface area contributed by atoms with Gasteiger partial charge in [-0.05, 0) is 49.0 Å². The van der Waals surface area contributed by atoms with Crippen LogP contribution in [0, 0.1) is 5.92 Å². The number of fused-ring (bicyclic) bond motifs is 1. The van der Waals surface area contributed by atoms with E-state index in [2.05, 4.69) is 42.7 Å². The molecule has 0 saturated carbocycles. The standard InChI is InChI=1S/C14H22N2/c1-11(2)10-15-7-5-12-3-4-14-13(9-12)6-8-16-14/h3-4,9,11,15-16H,5-8,10H2,1-2H3. The van der Waals surface area contributed by atoms with Crippen molar-refractivity contribution in [2.45, 2.75) is 26.7 Å². The van der Waals surface area contributed by atoms with Gasteiger partial charge >= 0.3 is 0 Å². The highest BCUT2D eigenvalue weighted by Gasteiger charge is 2.09. The molecule has 0 aliphatic carbocycles. The van der Waals surface area contributed by atoms with Crippen molar-refractivity contribution in [3.63, 3.8) is 0 Å². The highest BCUT2D eigenvalue weighted by molar-refractivity contribution is 5.56. The molecule has 0 fully saturated rings. The van der Waals surface area contributed by atoms with E-state index in [1.165, 1.54) is 23.2 Å². The first kappa shape index (κ1) is 11.5. The van der Waals surface area contributed by atoms with E-state index in [0.717, 1.165) is 32.0 Å². The Balaban J connectivity index is 1.81. The highest BCUT2D eigenvalue weighted by Crippen LogP contribution is 2.22. The zero-order valence-electron chi connectivity index (χ0n) is 10.3. The Bertz CT molecular complexity index is 345. The first-order chi connectivity index (χ1) is 7.75. The number of hydrogen-bond acceptors (Lipinski definition) is 2. The van der Waals surface area contributed by atoms with Crippen LogP contribution in [0.3, 0.4) is 0 Å². The Hall–Kier alpha value is -1.02. The van der Waals surface area contributed by atoms with Crippen molar-refractivity contribution < 1.29 is 0 Å². The summed E-state index contributed by atoms with van der Waals surface area (Å²) in [7, 11) is 0. The van der Waals surface area contributed by atoms with Gasteiger partial charge in [-0.25, -0.2) is 0 Å². The molecule has 2 N–H and O–H groups in total. The molecule has 0 unspecified atom stereocenters. The van der Waals surface area contributed by atoms with Crippen molar-refractivity contribution in [3.8, 4) is 0 Å². The Labute approximate surface area is 98.4 Å². The molecule has 1 heterocycles. The van der Waals surface area contributed by atoms with Crippen LogP contribution >= 0.6 is 0 Å². The molecule has 2 heteroatoms. The van der Waals surface area contributed by atoms with E-state index in [1.54, 1.807) is 0 Å². The molecule has 1 aromatic carbocycles. The summed E-state index contributed by atoms with van der Waals surface area (Å²) in [6.45, 7) is 7.80. The van der Waals surface area contributed by atoms with Crippen LogP contribution in [0.15, 0.2) is 18.2 Å². The van der Waals surface area contributed by atoms with Crippen LogP contribution in [0.4, 0.5) is 5.69 Å². The van der Waals surface area contributed by atoms with Crippen molar-refractivity contribution in [1.82, 2.24) is 5.32 Å². The molecule has 0 bridgehead atoms. The molecule has 16 heavy (non-hydrogen) atoms. The molecule has 0 aromatic heterocycles. The maximum absolute atomic E-state index is 3.49. The predicted molar refractivity (Wildman–Crippen MR) is 70.0 cm³/mol. The molecule has 1 aromatic rings. The second kappa shape index (κ2) is 5.35. The summed E-state index contributed by atoms with van der Waals surface area (Å²) in [5.41, 5.74) is 4.28. The minimum absolute atomic E-state index is 0.740. The van der Waals surface area contributed by atoms with Crippen LogP contribution in [-0.4, -0.2) is 19.6 Å². The van der Waals surface area contributed by atoms with Gasteiger partial charge in [-0.3, -0.25) is 0 Å². The zero-order chi connectivity index (χ0) is 11.4. The first-order valence-corrected chi connectivity index (χ1v) is 6.32. The van der Waals surface area contributed by atoms with Crippen LogP contribution in [0.5, 0.6) is 0 Å². The quantitative estimate of drug-likeness (QED) is 0.742. The van der Waals surface area contributed by atoms with Crippen molar-refractivity contribution in [2.24, 2.45) is 5.92 Å². The molecule has 1 aliphatic rings. The van der Waals surface area contributed by atoms with E-state index >= 15 is 0 Å². The van der Waals surface area contributed by atoms with Crippen LogP contribution in [0.1, 0.15) is 25.0 Å². The van der Waals surface area contributed by atoms with Gasteiger partial charge in [0, 0.05) is 12.2 Å². The molecular weight excluding hydrogens is 196 g/mol. The fourth-order valence-corrected chi connectivity index (χ4v) is 2.14. The van der Waals surface area contributed by atoms with E-state index in [4.69, 9.17) is 0 Å². The number of nitrogens with one attached hydrogen (secondary N) is 2. The SMILES string of the molecule is CC(C)CNCCc1ccc2c(c1)CCN2. The van der Waals surface area contributed by atoms with Crippen LogP contribution in [0.2, 0.25) is 0 Å². The number of rotatable bonds is 5. The van der Waals surface area contributed by atoms with Gasteiger partial charge in [0.25, 0.3) is 0 Å². The van der Waals surface area contributed by atoms with Crippen molar-refractivity contribution >= 4 is 5.69 Å². The fourth-order valence-electron chi connectivity index (χ4n) is 2.14. The molecule has 0 saturated heterocycles. The van der Waals surface area contributed by atoms with E-state index in [9.17, 15) is 0 Å². The third-order valence-corrected chi connectivity index (χ3v) is 3.02. The molecule has 88 valence electrons. The van der Waals surface area contributed by atoms with Gasteiger partial charge in [-0.15, -0.1) is 0 Å². The average Bonchev–Trinajstić information content (AvgIpc) is 2.71. The van der Waals surface area contributed by atoms with Crippen LogP contribution in [-0.2, 0) is 12.8 Å². The lowest BCUT2D eigenvalue weighted by molar-refractivity contribution is 0.554. The zero-order valence-corrected chi connectivity index (χ0v) is 10.3. The Morgan fingerprint density at radius 2 is 2.25 bits per heavy atom. The summed E-state index contributed by atoms with van der Waals surface area (Å²) >= 11 is 0. The normalized spacial score (nSPS) is 13.9. The topological polar surface area (TPSA) is 24.1 Å². The van der Waals surface area contributed by atoms with Crippen LogP contribution in [0.25, 0.3) is 0 Å². The molecule has 0 atom stereocenters. The first-order valence-electron chi connectivity index (χ1n) is 6.32. The molecular formula is C14H22N2. The fraction of sp³-hybridized carbons (Fsp3) is 0.571.